The van der Waals surface area contributed by atoms with Gasteiger partial charge in [-0.05, 0) is 13.0 Å². The van der Waals surface area contributed by atoms with Gasteiger partial charge < -0.3 is 14.8 Å². The first-order valence-electron chi connectivity index (χ1n) is 6.31. The van der Waals surface area contributed by atoms with E-state index in [4.69, 9.17) is 9.52 Å². The Bertz CT molecular complexity index is 590. The summed E-state index contributed by atoms with van der Waals surface area (Å²) < 4.78 is 7.17. The monoisotopic (exact) mass is 279 g/mol. The molecule has 8 heteroatoms. The number of nitrogens with zero attached hydrogens (tertiary/aromatic N) is 4. The normalized spacial score (nSPS) is 10.8. The number of rotatable bonds is 6. The molecule has 0 unspecified atom stereocenters. The van der Waals surface area contributed by atoms with Crippen LogP contribution in [0.15, 0.2) is 10.5 Å². The largest absolute Gasteiger partial charge is 0.419 e. The van der Waals surface area contributed by atoms with Crippen LogP contribution in [0.3, 0.4) is 0 Å². The zero-order chi connectivity index (χ0) is 14.5. The molecule has 0 saturated carbocycles. The van der Waals surface area contributed by atoms with E-state index >= 15 is 0 Å². The predicted molar refractivity (Wildman–Crippen MR) is 69.7 cm³/mol. The molecule has 108 valence electrons. The maximum atomic E-state index is 11.4. The van der Waals surface area contributed by atoms with Gasteiger partial charge in [0.25, 0.3) is 5.89 Å². The summed E-state index contributed by atoms with van der Waals surface area (Å²) in [7, 11) is 1.80. The van der Waals surface area contributed by atoms with E-state index in [2.05, 4.69) is 20.6 Å². The first-order valence-corrected chi connectivity index (χ1v) is 6.31. The second kappa shape index (κ2) is 6.29. The van der Waals surface area contributed by atoms with Crippen LogP contribution in [0.4, 0.5) is 0 Å². The van der Waals surface area contributed by atoms with Crippen LogP contribution in [-0.2, 0) is 18.3 Å². The number of aromatic nitrogens is 4. The molecule has 2 rings (SSSR count). The van der Waals surface area contributed by atoms with Crippen LogP contribution in [0.25, 0.3) is 11.6 Å². The maximum Gasteiger partial charge on any atom is 0.265 e. The molecule has 0 atom stereocenters. The van der Waals surface area contributed by atoms with Gasteiger partial charge in [0, 0.05) is 26.4 Å². The number of hydrogen-bond donors (Lipinski definition) is 2. The summed E-state index contributed by atoms with van der Waals surface area (Å²) in [5.74, 6) is 0.632. The molecule has 0 spiro atoms. The van der Waals surface area contributed by atoms with Gasteiger partial charge in [0.2, 0.25) is 11.8 Å². The molecule has 2 aromatic heterocycles. The van der Waals surface area contributed by atoms with Gasteiger partial charge >= 0.3 is 0 Å². The molecular weight excluding hydrogens is 262 g/mol. The van der Waals surface area contributed by atoms with E-state index in [0.29, 0.717) is 18.2 Å². The first kappa shape index (κ1) is 14.2. The molecule has 8 nitrogen and oxygen atoms in total. The third kappa shape index (κ3) is 3.41. The number of aliphatic hydroxyl groups is 1. The summed E-state index contributed by atoms with van der Waals surface area (Å²) in [5, 5.41) is 23.2. The molecule has 1 amide bonds. The van der Waals surface area contributed by atoms with E-state index in [1.165, 1.54) is 0 Å². The van der Waals surface area contributed by atoms with Gasteiger partial charge in [-0.3, -0.25) is 9.48 Å². The highest BCUT2D eigenvalue weighted by Crippen LogP contribution is 2.18. The van der Waals surface area contributed by atoms with Crippen LogP contribution in [0, 0.1) is 6.92 Å². The fourth-order valence-electron chi connectivity index (χ4n) is 1.77. The predicted octanol–water partition coefficient (Wildman–Crippen LogP) is -0.180. The van der Waals surface area contributed by atoms with Crippen LogP contribution in [0.1, 0.15) is 18.0 Å². The van der Waals surface area contributed by atoms with Crippen molar-refractivity contribution >= 4 is 5.91 Å². The molecule has 0 bridgehead atoms. The van der Waals surface area contributed by atoms with Crippen molar-refractivity contribution in [2.24, 2.45) is 7.05 Å². The summed E-state index contributed by atoms with van der Waals surface area (Å²) in [6.45, 7) is 2.06. The van der Waals surface area contributed by atoms with Crippen LogP contribution >= 0.6 is 0 Å². The lowest BCUT2D eigenvalue weighted by Gasteiger charge is -2.00. The van der Waals surface area contributed by atoms with E-state index < -0.39 is 0 Å². The standard InChI is InChI=1S/C12H17N5O3/c1-8-7-9(17(2)16-8)12-15-14-11(20-12)4-3-10(19)13-5-6-18/h7,18H,3-6H2,1-2H3,(H,13,19). The van der Waals surface area contributed by atoms with Crippen LogP contribution in [-0.4, -0.2) is 44.1 Å². The average molecular weight is 279 g/mol. The number of amides is 1. The lowest BCUT2D eigenvalue weighted by atomic mass is 10.3. The number of carbonyl (C=O) groups excluding carboxylic acids is 1. The minimum Gasteiger partial charge on any atom is -0.419 e. The van der Waals surface area contributed by atoms with Crippen LogP contribution in [0.2, 0.25) is 0 Å². The van der Waals surface area contributed by atoms with Gasteiger partial charge in [0.15, 0.2) is 0 Å². The van der Waals surface area contributed by atoms with Crippen molar-refractivity contribution in [3.05, 3.63) is 17.7 Å². The smallest absolute Gasteiger partial charge is 0.265 e. The average Bonchev–Trinajstić information content (AvgIpc) is 3.00. The molecule has 2 aromatic rings. The number of nitrogens with one attached hydrogen (secondary N) is 1. The van der Waals surface area contributed by atoms with E-state index in [-0.39, 0.29) is 25.5 Å². The number of aryl methyl sites for hydroxylation is 3. The molecule has 0 aliphatic rings. The van der Waals surface area contributed by atoms with E-state index in [9.17, 15) is 4.79 Å². The van der Waals surface area contributed by atoms with Gasteiger partial charge in [-0.2, -0.15) is 5.10 Å². The summed E-state index contributed by atoms with van der Waals surface area (Å²) in [4.78, 5) is 11.4. The zero-order valence-corrected chi connectivity index (χ0v) is 11.5. The Hall–Kier alpha value is -2.22. The van der Waals surface area contributed by atoms with Gasteiger partial charge in [0.05, 0.1) is 12.3 Å². The Morgan fingerprint density at radius 2 is 2.30 bits per heavy atom. The molecule has 2 N–H and O–H groups in total. The van der Waals surface area contributed by atoms with Gasteiger partial charge in [-0.1, -0.05) is 0 Å². The SMILES string of the molecule is Cc1cc(-c2nnc(CCC(=O)NCCO)o2)n(C)n1. The molecule has 0 fully saturated rings. The molecule has 0 aliphatic carbocycles. The molecule has 0 radical (unpaired) electrons. The zero-order valence-electron chi connectivity index (χ0n) is 11.5. The molecule has 20 heavy (non-hydrogen) atoms. The Morgan fingerprint density at radius 1 is 1.50 bits per heavy atom. The second-order valence-corrected chi connectivity index (χ2v) is 4.37. The Morgan fingerprint density at radius 3 is 2.95 bits per heavy atom. The lowest BCUT2D eigenvalue weighted by Crippen LogP contribution is -2.26. The minimum atomic E-state index is -0.157. The van der Waals surface area contributed by atoms with Crippen LogP contribution in [0.5, 0.6) is 0 Å². The van der Waals surface area contributed by atoms with Crippen LogP contribution < -0.4 is 5.32 Å². The molecule has 0 saturated heterocycles. The van der Waals surface area contributed by atoms with Gasteiger partial charge in [0.1, 0.15) is 5.69 Å². The molecule has 0 aromatic carbocycles. The summed E-state index contributed by atoms with van der Waals surface area (Å²) in [5.41, 5.74) is 1.61. The fraction of sp³-hybridized carbons (Fsp3) is 0.500. The third-order valence-corrected chi connectivity index (χ3v) is 2.69. The van der Waals surface area contributed by atoms with Crippen molar-refractivity contribution in [3.63, 3.8) is 0 Å². The Balaban J connectivity index is 1.96. The molecule has 0 aliphatic heterocycles. The fourth-order valence-corrected chi connectivity index (χ4v) is 1.77. The third-order valence-electron chi connectivity index (χ3n) is 2.69. The number of carbonyl (C=O) groups is 1. The highest BCUT2D eigenvalue weighted by atomic mass is 16.4. The maximum absolute atomic E-state index is 11.4. The molecular formula is C12H17N5O3. The highest BCUT2D eigenvalue weighted by molar-refractivity contribution is 5.75. The molecule has 2 heterocycles. The quantitative estimate of drug-likeness (QED) is 0.759. The van der Waals surface area contributed by atoms with Crippen molar-refractivity contribution in [1.29, 1.82) is 0 Å². The van der Waals surface area contributed by atoms with E-state index in [1.807, 2.05) is 13.0 Å². The van der Waals surface area contributed by atoms with Crippen molar-refractivity contribution in [2.45, 2.75) is 19.8 Å². The van der Waals surface area contributed by atoms with Crippen molar-refractivity contribution in [2.75, 3.05) is 13.2 Å². The summed E-state index contributed by atoms with van der Waals surface area (Å²) in [6, 6.07) is 1.85. The lowest BCUT2D eigenvalue weighted by molar-refractivity contribution is -0.121. The topological polar surface area (TPSA) is 106 Å². The van der Waals surface area contributed by atoms with Crippen molar-refractivity contribution in [1.82, 2.24) is 25.3 Å². The highest BCUT2D eigenvalue weighted by Gasteiger charge is 2.13. The van der Waals surface area contributed by atoms with Crippen molar-refractivity contribution < 1.29 is 14.3 Å². The first-order chi connectivity index (χ1) is 9.60. The number of hydrogen-bond acceptors (Lipinski definition) is 6. The van der Waals surface area contributed by atoms with Gasteiger partial charge in [-0.15, -0.1) is 10.2 Å². The minimum absolute atomic E-state index is 0.0731. The Kier molecular flexibility index (Phi) is 4.46. The Labute approximate surface area is 115 Å². The summed E-state index contributed by atoms with van der Waals surface area (Å²) >= 11 is 0. The van der Waals surface area contributed by atoms with Gasteiger partial charge in [-0.25, -0.2) is 0 Å². The van der Waals surface area contributed by atoms with E-state index in [1.54, 1.807) is 11.7 Å². The second-order valence-electron chi connectivity index (χ2n) is 4.37. The van der Waals surface area contributed by atoms with E-state index in [0.717, 1.165) is 11.4 Å². The number of aliphatic hydroxyl groups excluding tert-OH is 1. The summed E-state index contributed by atoms with van der Waals surface area (Å²) in [6.07, 6.45) is 0.604. The van der Waals surface area contributed by atoms with Crippen molar-refractivity contribution in [3.8, 4) is 11.6 Å².